The first kappa shape index (κ1) is 27.3. The third kappa shape index (κ3) is 6.42. The molecule has 0 bridgehead atoms. The highest BCUT2D eigenvalue weighted by atomic mass is 19.4. The van der Waals surface area contributed by atoms with Gasteiger partial charge in [0, 0.05) is 26.2 Å². The summed E-state index contributed by atoms with van der Waals surface area (Å²) < 4.78 is 35.2. The number of nitrogens with one attached hydrogen (secondary N) is 1. The second kappa shape index (κ2) is 11.8. The molecular formula is C26H24F3N7O3. The summed E-state index contributed by atoms with van der Waals surface area (Å²) >= 11 is 0. The minimum absolute atomic E-state index is 0.208. The number of carbonyl (C=O) groups is 1. The zero-order valence-electron chi connectivity index (χ0n) is 20.6. The Morgan fingerprint density at radius 3 is 2.33 bits per heavy atom. The van der Waals surface area contributed by atoms with Crippen LogP contribution in [-0.2, 0) is 17.9 Å². The summed E-state index contributed by atoms with van der Waals surface area (Å²) in [6.07, 6.45) is -3.43. The fourth-order valence-corrected chi connectivity index (χ4v) is 4.14. The highest BCUT2D eigenvalue weighted by Crippen LogP contribution is 2.22. The van der Waals surface area contributed by atoms with Gasteiger partial charge in [-0.3, -0.25) is 4.79 Å². The molecule has 0 radical (unpaired) electrons. The topological polar surface area (TPSA) is 129 Å². The molecule has 0 saturated carbocycles. The average Bonchev–Trinajstić information content (AvgIpc) is 3.30. The van der Waals surface area contributed by atoms with Gasteiger partial charge >= 0.3 is 12.1 Å². The van der Waals surface area contributed by atoms with Gasteiger partial charge in [-0.05, 0) is 17.2 Å². The lowest BCUT2D eigenvalue weighted by atomic mass is 10.1. The quantitative estimate of drug-likeness (QED) is 0.396. The first-order valence-electron chi connectivity index (χ1n) is 11.9. The van der Waals surface area contributed by atoms with Crippen molar-refractivity contribution in [3.8, 4) is 6.07 Å². The molecule has 1 aliphatic rings. The van der Waals surface area contributed by atoms with Crippen LogP contribution < -0.4 is 15.8 Å². The number of halogens is 3. The van der Waals surface area contributed by atoms with Gasteiger partial charge in [-0.2, -0.15) is 23.5 Å². The number of fused-ring (bicyclic) bond motifs is 1. The van der Waals surface area contributed by atoms with Crippen LogP contribution in [0.15, 0.2) is 65.6 Å². The van der Waals surface area contributed by atoms with E-state index in [2.05, 4.69) is 33.5 Å². The number of piperazine rings is 1. The second-order valence-electron chi connectivity index (χ2n) is 8.63. The van der Waals surface area contributed by atoms with E-state index in [-0.39, 0.29) is 12.1 Å². The van der Waals surface area contributed by atoms with Crippen molar-refractivity contribution in [1.82, 2.24) is 24.6 Å². The van der Waals surface area contributed by atoms with Gasteiger partial charge < -0.3 is 19.9 Å². The fraction of sp³-hybridized carbons (Fsp3) is 0.269. The lowest BCUT2D eigenvalue weighted by Gasteiger charge is -2.28. The molecule has 10 nitrogen and oxygen atoms in total. The second-order valence-corrected chi connectivity index (χ2v) is 8.63. The number of anilines is 1. The van der Waals surface area contributed by atoms with E-state index >= 15 is 0 Å². The summed E-state index contributed by atoms with van der Waals surface area (Å²) in [6.45, 7) is 4.19. The molecule has 2 aromatic heterocycles. The number of carboxylic acids is 1. The van der Waals surface area contributed by atoms with Crippen LogP contribution in [0.3, 0.4) is 0 Å². The van der Waals surface area contributed by atoms with E-state index in [4.69, 9.17) is 14.9 Å². The first-order chi connectivity index (χ1) is 18.7. The molecule has 0 aliphatic carbocycles. The van der Waals surface area contributed by atoms with Crippen molar-refractivity contribution in [3.05, 3.63) is 87.8 Å². The molecule has 0 amide bonds. The van der Waals surface area contributed by atoms with Gasteiger partial charge in [0.1, 0.15) is 11.0 Å². The fourth-order valence-electron chi connectivity index (χ4n) is 4.14. The maximum absolute atomic E-state index is 13.6. The highest BCUT2D eigenvalue weighted by Gasteiger charge is 2.38. The molecule has 0 spiro atoms. The third-order valence-corrected chi connectivity index (χ3v) is 6.01. The number of rotatable bonds is 5. The number of nitrogens with zero attached hydrogens (tertiary/aromatic N) is 6. The average molecular weight is 540 g/mol. The Morgan fingerprint density at radius 1 is 1.05 bits per heavy atom. The Kier molecular flexibility index (Phi) is 8.26. The van der Waals surface area contributed by atoms with Crippen LogP contribution in [0.5, 0.6) is 0 Å². The SMILES string of the molecule is N#Cc1ccccc1Cn1ncc2nc(N3CCNCC3)n(Cc3ccccc3)c2c1=O.O=C(O)C(F)(F)F. The summed E-state index contributed by atoms with van der Waals surface area (Å²) in [4.78, 5) is 29.5. The molecular weight excluding hydrogens is 515 g/mol. The summed E-state index contributed by atoms with van der Waals surface area (Å²) in [5.41, 5.74) is 3.32. The normalized spacial score (nSPS) is 13.4. The summed E-state index contributed by atoms with van der Waals surface area (Å²) in [6, 6.07) is 19.6. The van der Waals surface area contributed by atoms with Gasteiger partial charge in [-0.15, -0.1) is 0 Å². The first-order valence-corrected chi connectivity index (χ1v) is 11.9. The van der Waals surface area contributed by atoms with Gasteiger partial charge in [-0.25, -0.2) is 14.5 Å². The number of aromatic nitrogens is 4. The Morgan fingerprint density at radius 2 is 1.69 bits per heavy atom. The van der Waals surface area contributed by atoms with E-state index in [1.807, 2.05) is 41.0 Å². The van der Waals surface area contributed by atoms with Crippen molar-refractivity contribution in [2.75, 3.05) is 31.1 Å². The number of benzene rings is 2. The summed E-state index contributed by atoms with van der Waals surface area (Å²) in [5, 5.41) is 24.3. The van der Waals surface area contributed by atoms with E-state index in [0.29, 0.717) is 23.1 Å². The number of nitriles is 1. The van der Waals surface area contributed by atoms with Gasteiger partial charge in [0.05, 0.1) is 30.9 Å². The largest absolute Gasteiger partial charge is 0.490 e. The number of alkyl halides is 3. The van der Waals surface area contributed by atoms with Crippen molar-refractivity contribution < 1.29 is 23.1 Å². The smallest absolute Gasteiger partial charge is 0.475 e. The van der Waals surface area contributed by atoms with Crippen molar-refractivity contribution in [3.63, 3.8) is 0 Å². The Labute approximate surface area is 220 Å². The van der Waals surface area contributed by atoms with Crippen LogP contribution in [0.4, 0.5) is 19.1 Å². The zero-order chi connectivity index (χ0) is 28.0. The molecule has 4 aromatic rings. The van der Waals surface area contributed by atoms with Gasteiger partial charge in [0.15, 0.2) is 0 Å². The third-order valence-electron chi connectivity index (χ3n) is 6.01. The minimum Gasteiger partial charge on any atom is -0.475 e. The molecule has 3 heterocycles. The van der Waals surface area contributed by atoms with Crippen molar-refractivity contribution in [2.24, 2.45) is 0 Å². The Balaban J connectivity index is 0.000000448. The van der Waals surface area contributed by atoms with E-state index in [1.165, 1.54) is 4.68 Å². The van der Waals surface area contributed by atoms with Crippen molar-refractivity contribution in [2.45, 2.75) is 19.3 Å². The Hall–Kier alpha value is -4.70. The maximum Gasteiger partial charge on any atom is 0.490 e. The maximum atomic E-state index is 13.6. The summed E-state index contributed by atoms with van der Waals surface area (Å²) in [7, 11) is 0. The van der Waals surface area contributed by atoms with Crippen LogP contribution in [0.1, 0.15) is 16.7 Å². The van der Waals surface area contributed by atoms with Crippen LogP contribution in [0.2, 0.25) is 0 Å². The predicted octanol–water partition coefficient (Wildman–Crippen LogP) is 2.60. The molecule has 0 atom stereocenters. The van der Waals surface area contributed by atoms with Gasteiger partial charge in [0.2, 0.25) is 5.95 Å². The molecule has 1 fully saturated rings. The number of hydrogen-bond acceptors (Lipinski definition) is 7. The van der Waals surface area contributed by atoms with Crippen LogP contribution in [0.25, 0.3) is 11.0 Å². The van der Waals surface area contributed by atoms with Crippen molar-refractivity contribution in [1.29, 1.82) is 5.26 Å². The van der Waals surface area contributed by atoms with Crippen molar-refractivity contribution >= 4 is 23.0 Å². The summed E-state index contributed by atoms with van der Waals surface area (Å²) in [5.74, 6) is -1.97. The zero-order valence-corrected chi connectivity index (χ0v) is 20.6. The van der Waals surface area contributed by atoms with E-state index in [1.54, 1.807) is 12.3 Å². The molecule has 1 saturated heterocycles. The van der Waals surface area contributed by atoms with E-state index < -0.39 is 12.1 Å². The van der Waals surface area contributed by atoms with Crippen LogP contribution in [0, 0.1) is 11.3 Å². The lowest BCUT2D eigenvalue weighted by Crippen LogP contribution is -2.44. The van der Waals surface area contributed by atoms with Crippen LogP contribution in [-0.4, -0.2) is 62.8 Å². The predicted molar refractivity (Wildman–Crippen MR) is 136 cm³/mol. The molecule has 13 heteroatoms. The molecule has 5 rings (SSSR count). The Bertz CT molecular complexity index is 1550. The number of imidazole rings is 1. The molecule has 0 unspecified atom stereocenters. The van der Waals surface area contributed by atoms with Gasteiger partial charge in [0.25, 0.3) is 5.56 Å². The van der Waals surface area contributed by atoms with Gasteiger partial charge in [-0.1, -0.05) is 48.5 Å². The minimum atomic E-state index is -5.08. The van der Waals surface area contributed by atoms with E-state index in [9.17, 15) is 23.2 Å². The molecule has 202 valence electrons. The van der Waals surface area contributed by atoms with Crippen LogP contribution >= 0.6 is 0 Å². The molecule has 39 heavy (non-hydrogen) atoms. The number of hydrogen-bond donors (Lipinski definition) is 2. The molecule has 1 aliphatic heterocycles. The standard InChI is InChI=1S/C24H23N7O.C2HF3O2/c25-14-19-8-4-5-9-20(19)17-31-23(32)22-21(15-27-31)28-24(29-12-10-26-11-13-29)30(22)16-18-6-2-1-3-7-18;3-2(4,5)1(6)7/h1-9,15,26H,10-13,16-17H2;(H,6,7). The molecule has 2 N–H and O–H groups in total. The van der Waals surface area contributed by atoms with E-state index in [0.717, 1.165) is 43.3 Å². The number of carboxylic acid groups (broad SMARTS) is 1. The monoisotopic (exact) mass is 539 g/mol. The number of aliphatic carboxylic acids is 1. The lowest BCUT2D eigenvalue weighted by molar-refractivity contribution is -0.192. The highest BCUT2D eigenvalue weighted by molar-refractivity contribution is 5.77. The molecule has 2 aromatic carbocycles.